The van der Waals surface area contributed by atoms with Crippen LogP contribution in [-0.4, -0.2) is 35.8 Å². The highest BCUT2D eigenvalue weighted by atomic mass is 79.9. The van der Waals surface area contributed by atoms with E-state index >= 15 is 0 Å². The SMILES string of the molecule is CC(C)(C)OC(=O)N(Cc1c(F)cccc1Br)C1CCOCC1. The highest BCUT2D eigenvalue weighted by Crippen LogP contribution is 2.26. The third kappa shape index (κ3) is 5.18. The second-order valence-corrected chi connectivity index (χ2v) is 7.51. The third-order valence-electron chi connectivity index (χ3n) is 3.65. The Balaban J connectivity index is 2.24. The summed E-state index contributed by atoms with van der Waals surface area (Å²) in [5.74, 6) is -0.333. The van der Waals surface area contributed by atoms with Gasteiger partial charge in [0, 0.05) is 29.3 Å². The maximum absolute atomic E-state index is 14.1. The smallest absolute Gasteiger partial charge is 0.410 e. The molecule has 0 N–H and O–H groups in total. The van der Waals surface area contributed by atoms with Crippen molar-refractivity contribution >= 4 is 22.0 Å². The fourth-order valence-electron chi connectivity index (χ4n) is 2.51. The maximum atomic E-state index is 14.1. The Morgan fingerprint density at radius 1 is 1.39 bits per heavy atom. The van der Waals surface area contributed by atoms with Gasteiger partial charge in [-0.05, 0) is 45.7 Å². The van der Waals surface area contributed by atoms with Crippen molar-refractivity contribution < 1.29 is 18.7 Å². The van der Waals surface area contributed by atoms with E-state index in [0.717, 1.165) is 12.8 Å². The van der Waals surface area contributed by atoms with Crippen molar-refractivity contribution in [1.82, 2.24) is 4.90 Å². The molecule has 0 aliphatic carbocycles. The second kappa shape index (κ2) is 7.62. The Bertz CT molecular complexity index is 533. The number of carbonyl (C=O) groups is 1. The van der Waals surface area contributed by atoms with Crippen LogP contribution in [0.15, 0.2) is 22.7 Å². The summed E-state index contributed by atoms with van der Waals surface area (Å²) in [4.78, 5) is 14.2. The number of amides is 1. The lowest BCUT2D eigenvalue weighted by molar-refractivity contribution is -0.00835. The standard InChI is InChI=1S/C17H23BrFNO3/c1-17(2,3)23-16(21)20(12-7-9-22-10-8-12)11-13-14(18)5-4-6-15(13)19/h4-6,12H,7-11H2,1-3H3. The minimum Gasteiger partial charge on any atom is -0.444 e. The summed E-state index contributed by atoms with van der Waals surface area (Å²) in [6.07, 6.45) is 1.04. The van der Waals surface area contributed by atoms with Crippen molar-refractivity contribution in [3.05, 3.63) is 34.1 Å². The first kappa shape index (κ1) is 18.2. The maximum Gasteiger partial charge on any atom is 0.410 e. The number of carbonyl (C=O) groups excluding carboxylic acids is 1. The van der Waals surface area contributed by atoms with Gasteiger partial charge in [-0.25, -0.2) is 9.18 Å². The lowest BCUT2D eigenvalue weighted by atomic mass is 10.1. The molecular weight excluding hydrogens is 365 g/mol. The zero-order chi connectivity index (χ0) is 17.0. The quantitative estimate of drug-likeness (QED) is 0.765. The highest BCUT2D eigenvalue weighted by molar-refractivity contribution is 9.10. The van der Waals surface area contributed by atoms with E-state index in [0.29, 0.717) is 23.2 Å². The molecule has 1 aromatic carbocycles. The lowest BCUT2D eigenvalue weighted by Crippen LogP contribution is -2.45. The Labute approximate surface area is 145 Å². The second-order valence-electron chi connectivity index (χ2n) is 6.65. The van der Waals surface area contributed by atoms with Gasteiger partial charge in [-0.2, -0.15) is 0 Å². The van der Waals surface area contributed by atoms with Crippen LogP contribution in [0.4, 0.5) is 9.18 Å². The van der Waals surface area contributed by atoms with Gasteiger partial charge in [0.15, 0.2) is 0 Å². The fourth-order valence-corrected chi connectivity index (χ4v) is 2.98. The van der Waals surface area contributed by atoms with Gasteiger partial charge >= 0.3 is 6.09 Å². The van der Waals surface area contributed by atoms with Gasteiger partial charge in [-0.3, -0.25) is 0 Å². The lowest BCUT2D eigenvalue weighted by Gasteiger charge is -2.35. The Kier molecular flexibility index (Phi) is 6.03. The van der Waals surface area contributed by atoms with Crippen molar-refractivity contribution in [3.63, 3.8) is 0 Å². The molecule has 1 aliphatic rings. The predicted molar refractivity (Wildman–Crippen MR) is 89.7 cm³/mol. The van der Waals surface area contributed by atoms with Crippen molar-refractivity contribution in [3.8, 4) is 0 Å². The number of hydrogen-bond donors (Lipinski definition) is 0. The zero-order valence-corrected chi connectivity index (χ0v) is 15.4. The summed E-state index contributed by atoms with van der Waals surface area (Å²) in [7, 11) is 0. The van der Waals surface area contributed by atoms with Crippen LogP contribution in [0.5, 0.6) is 0 Å². The summed E-state index contributed by atoms with van der Waals surface area (Å²) in [5.41, 5.74) is -0.127. The van der Waals surface area contributed by atoms with Crippen LogP contribution in [0.2, 0.25) is 0 Å². The molecule has 2 rings (SSSR count). The molecule has 4 nitrogen and oxygen atoms in total. The molecule has 1 aliphatic heterocycles. The average Bonchev–Trinajstić information content (AvgIpc) is 2.46. The van der Waals surface area contributed by atoms with Crippen molar-refractivity contribution in [2.24, 2.45) is 0 Å². The van der Waals surface area contributed by atoms with E-state index in [2.05, 4.69) is 15.9 Å². The molecule has 0 saturated carbocycles. The first-order chi connectivity index (χ1) is 10.8. The van der Waals surface area contributed by atoms with E-state index in [1.807, 2.05) is 20.8 Å². The third-order valence-corrected chi connectivity index (χ3v) is 4.39. The van der Waals surface area contributed by atoms with Gasteiger partial charge in [0.05, 0.1) is 6.54 Å². The molecule has 1 fully saturated rings. The number of benzene rings is 1. The van der Waals surface area contributed by atoms with Crippen LogP contribution >= 0.6 is 15.9 Å². The molecule has 0 atom stereocenters. The fraction of sp³-hybridized carbons (Fsp3) is 0.588. The molecule has 1 heterocycles. The number of hydrogen-bond acceptors (Lipinski definition) is 3. The Morgan fingerprint density at radius 3 is 2.61 bits per heavy atom. The normalized spacial score (nSPS) is 16.2. The molecule has 128 valence electrons. The van der Waals surface area contributed by atoms with Gasteiger partial charge in [0.25, 0.3) is 0 Å². The molecule has 0 bridgehead atoms. The topological polar surface area (TPSA) is 38.8 Å². The molecule has 0 radical (unpaired) electrons. The van der Waals surface area contributed by atoms with E-state index in [9.17, 15) is 9.18 Å². The van der Waals surface area contributed by atoms with Gasteiger partial charge in [0.2, 0.25) is 0 Å². The molecule has 1 amide bonds. The molecule has 1 saturated heterocycles. The molecule has 23 heavy (non-hydrogen) atoms. The number of ether oxygens (including phenoxy) is 2. The average molecular weight is 388 g/mol. The minimum atomic E-state index is -0.590. The van der Waals surface area contributed by atoms with E-state index < -0.39 is 11.7 Å². The van der Waals surface area contributed by atoms with E-state index in [-0.39, 0.29) is 18.4 Å². The first-order valence-corrected chi connectivity index (χ1v) is 8.57. The van der Waals surface area contributed by atoms with E-state index in [4.69, 9.17) is 9.47 Å². The number of nitrogens with zero attached hydrogens (tertiary/aromatic N) is 1. The largest absolute Gasteiger partial charge is 0.444 e. The molecule has 0 aromatic heterocycles. The Hall–Kier alpha value is -1.14. The molecular formula is C17H23BrFNO3. The summed E-state index contributed by atoms with van der Waals surface area (Å²) < 4.78 is 25.7. The Morgan fingerprint density at radius 2 is 2.04 bits per heavy atom. The van der Waals surface area contributed by atoms with Crippen LogP contribution in [0, 0.1) is 5.82 Å². The van der Waals surface area contributed by atoms with Crippen molar-refractivity contribution in [1.29, 1.82) is 0 Å². The first-order valence-electron chi connectivity index (χ1n) is 7.78. The predicted octanol–water partition coefficient (Wildman–Crippen LogP) is 4.50. The molecule has 6 heteroatoms. The zero-order valence-electron chi connectivity index (χ0n) is 13.8. The summed E-state index contributed by atoms with van der Waals surface area (Å²) in [6, 6.07) is 4.80. The van der Waals surface area contributed by atoms with Crippen LogP contribution in [0.3, 0.4) is 0 Å². The molecule has 1 aromatic rings. The van der Waals surface area contributed by atoms with Crippen molar-refractivity contribution in [2.75, 3.05) is 13.2 Å². The van der Waals surface area contributed by atoms with Crippen LogP contribution < -0.4 is 0 Å². The van der Waals surface area contributed by atoms with Crippen LogP contribution in [0.25, 0.3) is 0 Å². The minimum absolute atomic E-state index is 0.00916. The molecule has 0 spiro atoms. The molecule has 0 unspecified atom stereocenters. The van der Waals surface area contributed by atoms with Crippen LogP contribution in [0.1, 0.15) is 39.2 Å². The van der Waals surface area contributed by atoms with Crippen molar-refractivity contribution in [2.45, 2.75) is 51.8 Å². The van der Waals surface area contributed by atoms with Gasteiger partial charge < -0.3 is 14.4 Å². The van der Waals surface area contributed by atoms with Gasteiger partial charge in [0.1, 0.15) is 11.4 Å². The van der Waals surface area contributed by atoms with Gasteiger partial charge in [-0.15, -0.1) is 0 Å². The number of halogens is 2. The summed E-state index contributed by atoms with van der Waals surface area (Å²) in [6.45, 7) is 6.85. The summed E-state index contributed by atoms with van der Waals surface area (Å²) in [5, 5.41) is 0. The van der Waals surface area contributed by atoms with E-state index in [1.54, 1.807) is 17.0 Å². The summed E-state index contributed by atoms with van der Waals surface area (Å²) >= 11 is 3.37. The van der Waals surface area contributed by atoms with E-state index in [1.165, 1.54) is 6.07 Å². The monoisotopic (exact) mass is 387 g/mol. The number of rotatable bonds is 3. The highest BCUT2D eigenvalue weighted by Gasteiger charge is 2.30. The van der Waals surface area contributed by atoms with Crippen LogP contribution in [-0.2, 0) is 16.0 Å². The van der Waals surface area contributed by atoms with Gasteiger partial charge in [-0.1, -0.05) is 22.0 Å².